The summed E-state index contributed by atoms with van der Waals surface area (Å²) in [5.74, 6) is -3.44. The van der Waals surface area contributed by atoms with Crippen LogP contribution < -0.4 is 0 Å². The molecule has 0 aromatic carbocycles. The lowest BCUT2D eigenvalue weighted by Gasteiger charge is -2.07. The largest absolute Gasteiger partial charge is 0.468 e. The van der Waals surface area contributed by atoms with Crippen LogP contribution in [0.25, 0.3) is 0 Å². The predicted molar refractivity (Wildman–Crippen MR) is 45.5 cm³/mol. The van der Waals surface area contributed by atoms with Crippen LogP contribution in [0.2, 0.25) is 0 Å². The number of nitrogens with zero attached hydrogens (tertiary/aromatic N) is 1. The molecule has 1 atom stereocenters. The molecule has 1 unspecified atom stereocenters. The van der Waals surface area contributed by atoms with Gasteiger partial charge < -0.3 is 9.47 Å². The van der Waals surface area contributed by atoms with Gasteiger partial charge in [0.25, 0.3) is 0 Å². The van der Waals surface area contributed by atoms with Gasteiger partial charge in [0.2, 0.25) is 0 Å². The third-order valence-corrected chi connectivity index (χ3v) is 1.35. The summed E-state index contributed by atoms with van der Waals surface area (Å²) in [4.78, 5) is 21.9. The van der Waals surface area contributed by atoms with E-state index in [0.29, 0.717) is 0 Å². The van der Waals surface area contributed by atoms with Crippen LogP contribution in [-0.4, -0.2) is 31.4 Å². The lowest BCUT2D eigenvalue weighted by Crippen LogP contribution is -2.30. The maximum atomic E-state index is 11.0. The standard InChI is InChI=1S/C8H10N2O4/c1-3-14-8(12)6(10)5(4-9)7(11)13-2/h5,10H,3H2,1-2H3. The number of ether oxygens (including phenoxy) is 2. The van der Waals surface area contributed by atoms with Crippen molar-refractivity contribution in [2.24, 2.45) is 5.92 Å². The zero-order valence-electron chi connectivity index (χ0n) is 7.86. The number of nitriles is 1. The second kappa shape index (κ2) is 5.70. The molecule has 14 heavy (non-hydrogen) atoms. The number of carbonyl (C=O) groups excluding carboxylic acids is 2. The summed E-state index contributed by atoms with van der Waals surface area (Å²) in [7, 11) is 1.07. The van der Waals surface area contributed by atoms with Crippen molar-refractivity contribution in [2.45, 2.75) is 6.92 Å². The van der Waals surface area contributed by atoms with Crippen molar-refractivity contribution in [1.29, 1.82) is 10.7 Å². The third kappa shape index (κ3) is 2.86. The number of hydrogen-bond donors (Lipinski definition) is 1. The van der Waals surface area contributed by atoms with Crippen LogP contribution in [0.15, 0.2) is 0 Å². The molecule has 0 aromatic heterocycles. The van der Waals surface area contributed by atoms with Gasteiger partial charge >= 0.3 is 11.9 Å². The maximum absolute atomic E-state index is 11.0. The van der Waals surface area contributed by atoms with Gasteiger partial charge in [-0.3, -0.25) is 10.2 Å². The van der Waals surface area contributed by atoms with E-state index in [1.807, 2.05) is 0 Å². The van der Waals surface area contributed by atoms with Crippen molar-refractivity contribution in [1.82, 2.24) is 0 Å². The Morgan fingerprint density at radius 3 is 2.50 bits per heavy atom. The van der Waals surface area contributed by atoms with E-state index in [1.165, 1.54) is 6.07 Å². The van der Waals surface area contributed by atoms with Crippen molar-refractivity contribution in [2.75, 3.05) is 13.7 Å². The van der Waals surface area contributed by atoms with Gasteiger partial charge in [0, 0.05) is 0 Å². The molecule has 0 saturated carbocycles. The Morgan fingerprint density at radius 2 is 2.14 bits per heavy atom. The van der Waals surface area contributed by atoms with Crippen molar-refractivity contribution in [3.63, 3.8) is 0 Å². The molecule has 0 saturated heterocycles. The van der Waals surface area contributed by atoms with E-state index < -0.39 is 23.6 Å². The molecule has 0 amide bonds. The van der Waals surface area contributed by atoms with E-state index >= 15 is 0 Å². The van der Waals surface area contributed by atoms with Crippen molar-refractivity contribution in [3.05, 3.63) is 0 Å². The highest BCUT2D eigenvalue weighted by Crippen LogP contribution is 2.01. The molecule has 0 aliphatic rings. The van der Waals surface area contributed by atoms with Crippen LogP contribution in [0.5, 0.6) is 0 Å². The normalized spacial score (nSPS) is 10.9. The molecule has 0 aromatic rings. The van der Waals surface area contributed by atoms with Gasteiger partial charge in [0.05, 0.1) is 19.8 Å². The average Bonchev–Trinajstić information content (AvgIpc) is 2.18. The summed E-state index contributed by atoms with van der Waals surface area (Å²) in [5.41, 5.74) is -0.707. The first kappa shape index (κ1) is 12.1. The van der Waals surface area contributed by atoms with E-state index in [2.05, 4.69) is 9.47 Å². The Kier molecular flexibility index (Phi) is 4.92. The quantitative estimate of drug-likeness (QED) is 0.501. The first-order chi connectivity index (χ1) is 6.58. The van der Waals surface area contributed by atoms with Crippen LogP contribution in [0.3, 0.4) is 0 Å². The SMILES string of the molecule is CCOC(=O)C(=N)C(C#N)C(=O)OC. The highest BCUT2D eigenvalue weighted by Gasteiger charge is 2.29. The lowest BCUT2D eigenvalue weighted by molar-refractivity contribution is -0.143. The Hall–Kier alpha value is -1.90. The van der Waals surface area contributed by atoms with Crippen LogP contribution >= 0.6 is 0 Å². The molecule has 1 N–H and O–H groups in total. The highest BCUT2D eigenvalue weighted by molar-refractivity contribution is 6.40. The summed E-state index contributed by atoms with van der Waals surface area (Å²) >= 11 is 0. The summed E-state index contributed by atoms with van der Waals surface area (Å²) in [6.45, 7) is 1.64. The molecular formula is C8H10N2O4. The monoisotopic (exact) mass is 198 g/mol. The Labute approximate surface area is 80.9 Å². The second-order valence-electron chi connectivity index (χ2n) is 2.22. The second-order valence-corrected chi connectivity index (χ2v) is 2.22. The molecule has 6 heteroatoms. The smallest absolute Gasteiger partial charge is 0.353 e. The molecule has 0 spiro atoms. The molecule has 0 fully saturated rings. The molecule has 76 valence electrons. The number of carbonyl (C=O) groups is 2. The van der Waals surface area contributed by atoms with Gasteiger partial charge in [-0.25, -0.2) is 4.79 Å². The van der Waals surface area contributed by atoms with Crippen molar-refractivity contribution < 1.29 is 19.1 Å². The van der Waals surface area contributed by atoms with Gasteiger partial charge in [-0.05, 0) is 6.92 Å². The van der Waals surface area contributed by atoms with E-state index in [-0.39, 0.29) is 6.61 Å². The fraction of sp³-hybridized carbons (Fsp3) is 0.500. The Morgan fingerprint density at radius 1 is 1.57 bits per heavy atom. The summed E-state index contributed by atoms with van der Waals surface area (Å²) < 4.78 is 8.70. The Balaban J connectivity index is 4.57. The Bertz CT molecular complexity index is 292. The van der Waals surface area contributed by atoms with Gasteiger partial charge in [-0.15, -0.1) is 0 Å². The molecule has 0 aliphatic heterocycles. The number of hydrogen-bond acceptors (Lipinski definition) is 6. The van der Waals surface area contributed by atoms with E-state index in [0.717, 1.165) is 7.11 Å². The summed E-state index contributed by atoms with van der Waals surface area (Å²) in [6.07, 6.45) is 0. The zero-order valence-corrected chi connectivity index (χ0v) is 7.86. The molecular weight excluding hydrogens is 188 g/mol. The van der Waals surface area contributed by atoms with Crippen LogP contribution in [-0.2, 0) is 19.1 Å². The molecule has 0 aliphatic carbocycles. The summed E-state index contributed by atoms with van der Waals surface area (Å²) in [6, 6.07) is 1.49. The highest BCUT2D eigenvalue weighted by atomic mass is 16.5. The van der Waals surface area contributed by atoms with Crippen LogP contribution in [0.4, 0.5) is 0 Å². The van der Waals surface area contributed by atoms with Crippen molar-refractivity contribution in [3.8, 4) is 6.07 Å². The number of rotatable bonds is 4. The van der Waals surface area contributed by atoms with E-state index in [9.17, 15) is 9.59 Å². The molecule has 6 nitrogen and oxygen atoms in total. The minimum atomic E-state index is -1.51. The maximum Gasteiger partial charge on any atom is 0.353 e. The molecule has 0 bridgehead atoms. The number of methoxy groups -OCH3 is 1. The number of esters is 2. The van der Waals surface area contributed by atoms with Gasteiger partial charge in [0.1, 0.15) is 5.71 Å². The lowest BCUT2D eigenvalue weighted by atomic mass is 10.1. The van der Waals surface area contributed by atoms with E-state index in [4.69, 9.17) is 10.7 Å². The third-order valence-electron chi connectivity index (χ3n) is 1.35. The first-order valence-electron chi connectivity index (χ1n) is 3.81. The topological polar surface area (TPSA) is 100 Å². The van der Waals surface area contributed by atoms with Crippen LogP contribution in [0.1, 0.15) is 6.92 Å². The predicted octanol–water partition coefficient (Wildman–Crippen LogP) is -0.118. The van der Waals surface area contributed by atoms with Gasteiger partial charge in [-0.1, -0.05) is 0 Å². The first-order valence-corrected chi connectivity index (χ1v) is 3.81. The molecule has 0 radical (unpaired) electrons. The van der Waals surface area contributed by atoms with Crippen LogP contribution in [0, 0.1) is 22.7 Å². The van der Waals surface area contributed by atoms with Gasteiger partial charge in [0.15, 0.2) is 5.92 Å². The van der Waals surface area contributed by atoms with E-state index in [1.54, 1.807) is 6.92 Å². The fourth-order valence-electron chi connectivity index (χ4n) is 0.680. The fourth-order valence-corrected chi connectivity index (χ4v) is 0.680. The zero-order chi connectivity index (χ0) is 11.1. The molecule has 0 rings (SSSR count). The summed E-state index contributed by atoms with van der Waals surface area (Å²) in [5, 5.41) is 15.7. The minimum Gasteiger partial charge on any atom is -0.468 e. The van der Waals surface area contributed by atoms with Crippen molar-refractivity contribution >= 4 is 17.7 Å². The average molecular weight is 198 g/mol. The number of nitrogens with one attached hydrogen (secondary N) is 1. The molecule has 0 heterocycles. The van der Waals surface area contributed by atoms with Gasteiger partial charge in [-0.2, -0.15) is 5.26 Å². The minimum absolute atomic E-state index is 0.0839.